The summed E-state index contributed by atoms with van der Waals surface area (Å²) in [6, 6.07) is 13.9. The van der Waals surface area contributed by atoms with Gasteiger partial charge in [0.2, 0.25) is 0 Å². The van der Waals surface area contributed by atoms with E-state index in [4.69, 9.17) is 0 Å². The molecule has 1 aliphatic carbocycles. The summed E-state index contributed by atoms with van der Waals surface area (Å²) in [5.41, 5.74) is 5.00. The number of hydrogen-bond donors (Lipinski definition) is 0. The Bertz CT molecular complexity index is 917. The lowest BCUT2D eigenvalue weighted by atomic mass is 9.63. The summed E-state index contributed by atoms with van der Waals surface area (Å²) in [6.45, 7) is 12.3. The zero-order valence-electron chi connectivity index (χ0n) is 19.9. The van der Waals surface area contributed by atoms with Gasteiger partial charge in [-0.15, -0.1) is 0 Å². The first-order valence-corrected chi connectivity index (χ1v) is 11.8. The molecule has 1 aliphatic rings. The number of rotatable bonds is 9. The highest BCUT2D eigenvalue weighted by Crippen LogP contribution is 2.47. The maximum absolute atomic E-state index is 11.8. The highest BCUT2D eigenvalue weighted by atomic mass is 16.6. The molecule has 0 saturated carbocycles. The molecule has 0 atom stereocenters. The van der Waals surface area contributed by atoms with Crippen molar-refractivity contribution in [3.63, 3.8) is 0 Å². The average molecular weight is 423 g/mol. The monoisotopic (exact) mass is 422 g/mol. The first-order valence-electron chi connectivity index (χ1n) is 11.8. The molecule has 0 fully saturated rings. The van der Waals surface area contributed by atoms with E-state index in [0.717, 1.165) is 31.5 Å². The Labute approximate surface area is 187 Å². The molecule has 4 nitrogen and oxygen atoms in total. The van der Waals surface area contributed by atoms with Gasteiger partial charge in [0.1, 0.15) is 5.69 Å². The Morgan fingerprint density at radius 3 is 2.23 bits per heavy atom. The lowest BCUT2D eigenvalue weighted by molar-refractivity contribution is -0.384. The predicted octanol–water partition coefficient (Wildman–Crippen LogP) is 8.05. The van der Waals surface area contributed by atoms with Crippen LogP contribution in [0.1, 0.15) is 90.7 Å². The van der Waals surface area contributed by atoms with Crippen molar-refractivity contribution in [2.24, 2.45) is 0 Å². The molecule has 0 heterocycles. The van der Waals surface area contributed by atoms with E-state index in [1.165, 1.54) is 36.8 Å². The van der Waals surface area contributed by atoms with Crippen LogP contribution in [-0.2, 0) is 10.8 Å². The standard InChI is InChI=1S/C27H38N2O2/c1-6-7-8-9-12-19-28(24-13-10-11-14-25(24)29(30)31)21-15-16-22-23(20-21)27(4,5)18-17-26(22,2)3/h10-11,13-16,20H,6-9,12,17-19H2,1-5H3. The number of hydrogen-bond acceptors (Lipinski definition) is 3. The summed E-state index contributed by atoms with van der Waals surface area (Å²) in [5, 5.41) is 11.8. The third-order valence-electron chi connectivity index (χ3n) is 7.00. The number of unbranched alkanes of at least 4 members (excludes halogenated alkanes) is 4. The molecule has 0 aliphatic heterocycles. The molecule has 168 valence electrons. The number of para-hydroxylation sites is 2. The van der Waals surface area contributed by atoms with Gasteiger partial charge in [-0.05, 0) is 59.4 Å². The Morgan fingerprint density at radius 2 is 1.55 bits per heavy atom. The minimum absolute atomic E-state index is 0.107. The first kappa shape index (κ1) is 23.3. The van der Waals surface area contributed by atoms with E-state index >= 15 is 0 Å². The number of benzene rings is 2. The van der Waals surface area contributed by atoms with Crippen LogP contribution in [0.3, 0.4) is 0 Å². The van der Waals surface area contributed by atoms with Crippen molar-refractivity contribution < 1.29 is 4.92 Å². The Morgan fingerprint density at radius 1 is 0.903 bits per heavy atom. The second kappa shape index (κ2) is 9.42. The summed E-state index contributed by atoms with van der Waals surface area (Å²) in [4.78, 5) is 13.7. The number of nitro benzene ring substituents is 1. The second-order valence-corrected chi connectivity index (χ2v) is 10.3. The van der Waals surface area contributed by atoms with E-state index in [1.807, 2.05) is 12.1 Å². The SMILES string of the molecule is CCCCCCCN(c1ccc2c(c1)C(C)(C)CCC2(C)C)c1ccccc1[N+](=O)[O-]. The summed E-state index contributed by atoms with van der Waals surface area (Å²) >= 11 is 0. The fraction of sp³-hybridized carbons (Fsp3) is 0.556. The van der Waals surface area contributed by atoms with Gasteiger partial charge >= 0.3 is 0 Å². The van der Waals surface area contributed by atoms with Crippen molar-refractivity contribution in [2.45, 2.75) is 90.4 Å². The molecule has 0 aromatic heterocycles. The van der Waals surface area contributed by atoms with Gasteiger partial charge in [0.05, 0.1) is 4.92 Å². The van der Waals surface area contributed by atoms with Crippen LogP contribution in [0, 0.1) is 10.1 Å². The van der Waals surface area contributed by atoms with Crippen LogP contribution in [0.2, 0.25) is 0 Å². The lowest BCUT2D eigenvalue weighted by Gasteiger charge is -2.42. The van der Waals surface area contributed by atoms with Crippen LogP contribution >= 0.6 is 0 Å². The van der Waals surface area contributed by atoms with Gasteiger partial charge < -0.3 is 4.90 Å². The van der Waals surface area contributed by atoms with E-state index in [0.29, 0.717) is 5.69 Å². The predicted molar refractivity (Wildman–Crippen MR) is 131 cm³/mol. The summed E-state index contributed by atoms with van der Waals surface area (Å²) in [5.74, 6) is 0. The van der Waals surface area contributed by atoms with Crippen LogP contribution < -0.4 is 4.90 Å². The molecular weight excluding hydrogens is 384 g/mol. The largest absolute Gasteiger partial charge is 0.336 e. The van der Waals surface area contributed by atoms with E-state index in [2.05, 4.69) is 57.7 Å². The number of nitrogens with zero attached hydrogens (tertiary/aromatic N) is 2. The smallest absolute Gasteiger partial charge is 0.292 e. The summed E-state index contributed by atoms with van der Waals surface area (Å²) in [6.07, 6.45) is 8.17. The van der Waals surface area contributed by atoms with Crippen molar-refractivity contribution in [1.82, 2.24) is 0 Å². The number of nitro groups is 1. The van der Waals surface area contributed by atoms with Crippen LogP contribution in [0.15, 0.2) is 42.5 Å². The van der Waals surface area contributed by atoms with E-state index < -0.39 is 0 Å². The van der Waals surface area contributed by atoms with Crippen LogP contribution in [-0.4, -0.2) is 11.5 Å². The van der Waals surface area contributed by atoms with Gasteiger partial charge in [0.25, 0.3) is 5.69 Å². The third kappa shape index (κ3) is 5.11. The summed E-state index contributed by atoms with van der Waals surface area (Å²) in [7, 11) is 0. The average Bonchev–Trinajstić information content (AvgIpc) is 2.74. The molecular formula is C27H38N2O2. The van der Waals surface area contributed by atoms with E-state index in [9.17, 15) is 10.1 Å². The number of anilines is 2. The Kier molecular flexibility index (Phi) is 7.08. The fourth-order valence-electron chi connectivity index (χ4n) is 4.85. The van der Waals surface area contributed by atoms with Crippen molar-refractivity contribution in [3.8, 4) is 0 Å². The first-order chi connectivity index (χ1) is 14.7. The highest BCUT2D eigenvalue weighted by molar-refractivity contribution is 5.73. The molecule has 31 heavy (non-hydrogen) atoms. The van der Waals surface area contributed by atoms with Gasteiger partial charge in [-0.25, -0.2) is 0 Å². The van der Waals surface area contributed by atoms with Crippen LogP contribution in [0.25, 0.3) is 0 Å². The van der Waals surface area contributed by atoms with Crippen LogP contribution in [0.4, 0.5) is 17.1 Å². The molecule has 0 N–H and O–H groups in total. The van der Waals surface area contributed by atoms with Gasteiger partial charge in [-0.2, -0.15) is 0 Å². The molecule has 0 spiro atoms. The van der Waals surface area contributed by atoms with Crippen molar-refractivity contribution in [2.75, 3.05) is 11.4 Å². The second-order valence-electron chi connectivity index (χ2n) is 10.3. The quantitative estimate of drug-likeness (QED) is 0.233. The summed E-state index contributed by atoms with van der Waals surface area (Å²) < 4.78 is 0. The van der Waals surface area contributed by atoms with Crippen LogP contribution in [0.5, 0.6) is 0 Å². The Balaban J connectivity index is 2.03. The maximum Gasteiger partial charge on any atom is 0.292 e. The van der Waals surface area contributed by atoms with Gasteiger partial charge in [-0.3, -0.25) is 10.1 Å². The molecule has 0 radical (unpaired) electrons. The molecule has 3 rings (SSSR count). The number of fused-ring (bicyclic) bond motifs is 1. The normalized spacial score (nSPS) is 16.5. The molecule has 0 unspecified atom stereocenters. The van der Waals surface area contributed by atoms with Gasteiger partial charge in [0.15, 0.2) is 0 Å². The maximum atomic E-state index is 11.8. The van der Waals surface area contributed by atoms with Crippen molar-refractivity contribution in [3.05, 3.63) is 63.7 Å². The molecule has 4 heteroatoms. The molecule has 0 amide bonds. The Hall–Kier alpha value is -2.36. The molecule has 2 aromatic carbocycles. The van der Waals surface area contributed by atoms with E-state index in [-0.39, 0.29) is 21.4 Å². The van der Waals surface area contributed by atoms with Crippen molar-refractivity contribution in [1.29, 1.82) is 0 Å². The molecule has 2 aromatic rings. The minimum Gasteiger partial charge on any atom is -0.336 e. The zero-order valence-corrected chi connectivity index (χ0v) is 19.9. The molecule has 0 saturated heterocycles. The topological polar surface area (TPSA) is 46.4 Å². The fourth-order valence-corrected chi connectivity index (χ4v) is 4.85. The minimum atomic E-state index is -0.259. The van der Waals surface area contributed by atoms with Gasteiger partial charge in [-0.1, -0.05) is 78.5 Å². The van der Waals surface area contributed by atoms with Crippen molar-refractivity contribution >= 4 is 17.1 Å². The van der Waals surface area contributed by atoms with Gasteiger partial charge in [0, 0.05) is 18.3 Å². The lowest BCUT2D eigenvalue weighted by Crippen LogP contribution is -2.34. The third-order valence-corrected chi connectivity index (χ3v) is 7.00. The van der Waals surface area contributed by atoms with E-state index in [1.54, 1.807) is 12.1 Å². The zero-order chi connectivity index (χ0) is 22.6. The molecule has 0 bridgehead atoms. The highest BCUT2D eigenvalue weighted by Gasteiger charge is 2.37.